The lowest BCUT2D eigenvalue weighted by atomic mass is 10.0. The lowest BCUT2D eigenvalue weighted by molar-refractivity contribution is -0.111. The minimum atomic E-state index is -3.50. The number of sulfonamides is 1. The third-order valence-corrected chi connectivity index (χ3v) is 6.80. The highest BCUT2D eigenvalue weighted by Crippen LogP contribution is 2.24. The van der Waals surface area contributed by atoms with Crippen molar-refractivity contribution in [3.05, 3.63) is 60.2 Å². The average Bonchev–Trinajstić information content (AvgIpc) is 2.73. The van der Waals surface area contributed by atoms with Crippen LogP contribution >= 0.6 is 0 Å². The first-order valence-corrected chi connectivity index (χ1v) is 11.1. The van der Waals surface area contributed by atoms with Crippen LogP contribution in [0.3, 0.4) is 0 Å². The SMILES string of the molecule is COc1ccc(/C=C/C(=O)Nc2ccc(S(=O)(=O)N3CCC[C@H](C)C3)cc2)cc1. The molecule has 0 bridgehead atoms. The molecule has 1 amide bonds. The number of carbonyl (C=O) groups excluding carboxylic acids is 1. The highest BCUT2D eigenvalue weighted by molar-refractivity contribution is 7.89. The number of hydrogen-bond acceptors (Lipinski definition) is 4. The maximum atomic E-state index is 12.8. The van der Waals surface area contributed by atoms with Crippen molar-refractivity contribution in [2.24, 2.45) is 5.92 Å². The predicted octanol–water partition coefficient (Wildman–Crippen LogP) is 3.77. The Morgan fingerprint density at radius 3 is 2.45 bits per heavy atom. The standard InChI is InChI=1S/C22H26N2O4S/c1-17-4-3-15-24(16-17)29(26,27)21-12-8-19(9-13-21)23-22(25)14-7-18-5-10-20(28-2)11-6-18/h5-14,17H,3-4,15-16H2,1-2H3,(H,23,25)/b14-7+/t17-/m0/s1. The van der Waals surface area contributed by atoms with Crippen LogP contribution in [0.2, 0.25) is 0 Å². The van der Waals surface area contributed by atoms with Gasteiger partial charge < -0.3 is 10.1 Å². The number of piperidine rings is 1. The molecule has 7 heteroatoms. The molecule has 0 radical (unpaired) electrons. The highest BCUT2D eigenvalue weighted by atomic mass is 32.2. The van der Waals surface area contributed by atoms with Gasteiger partial charge in [-0.1, -0.05) is 19.1 Å². The Morgan fingerprint density at radius 1 is 1.14 bits per heavy atom. The molecule has 1 saturated heterocycles. The minimum absolute atomic E-state index is 0.248. The van der Waals surface area contributed by atoms with Gasteiger partial charge in [0.05, 0.1) is 12.0 Å². The summed E-state index contributed by atoms with van der Waals surface area (Å²) in [5, 5.41) is 2.74. The summed E-state index contributed by atoms with van der Waals surface area (Å²) in [5.41, 5.74) is 1.42. The smallest absolute Gasteiger partial charge is 0.248 e. The topological polar surface area (TPSA) is 75.7 Å². The molecule has 1 fully saturated rings. The van der Waals surface area contributed by atoms with Crippen LogP contribution in [0.25, 0.3) is 6.08 Å². The van der Waals surface area contributed by atoms with Crippen LogP contribution < -0.4 is 10.1 Å². The van der Waals surface area contributed by atoms with Gasteiger partial charge in [-0.2, -0.15) is 4.31 Å². The van der Waals surface area contributed by atoms with E-state index in [-0.39, 0.29) is 10.8 Å². The summed E-state index contributed by atoms with van der Waals surface area (Å²) in [5.74, 6) is 0.830. The first-order chi connectivity index (χ1) is 13.9. The van der Waals surface area contributed by atoms with E-state index in [1.54, 1.807) is 29.6 Å². The summed E-state index contributed by atoms with van der Waals surface area (Å²) >= 11 is 0. The highest BCUT2D eigenvalue weighted by Gasteiger charge is 2.28. The first kappa shape index (κ1) is 21.1. The molecular formula is C22H26N2O4S. The fourth-order valence-electron chi connectivity index (χ4n) is 3.29. The number of anilines is 1. The Morgan fingerprint density at radius 2 is 1.83 bits per heavy atom. The number of carbonyl (C=O) groups is 1. The molecule has 0 unspecified atom stereocenters. The number of methoxy groups -OCH3 is 1. The molecule has 0 saturated carbocycles. The third-order valence-electron chi connectivity index (χ3n) is 4.92. The molecule has 1 aliphatic rings. The van der Waals surface area contributed by atoms with Crippen molar-refractivity contribution in [2.45, 2.75) is 24.7 Å². The predicted molar refractivity (Wildman–Crippen MR) is 114 cm³/mol. The molecule has 0 aromatic heterocycles. The van der Waals surface area contributed by atoms with E-state index < -0.39 is 10.0 Å². The maximum Gasteiger partial charge on any atom is 0.248 e. The van der Waals surface area contributed by atoms with Crippen LogP contribution in [0.4, 0.5) is 5.69 Å². The van der Waals surface area contributed by atoms with Crippen LogP contribution in [0.1, 0.15) is 25.3 Å². The van der Waals surface area contributed by atoms with Crippen LogP contribution in [0.5, 0.6) is 5.75 Å². The molecule has 6 nitrogen and oxygen atoms in total. The van der Waals surface area contributed by atoms with E-state index >= 15 is 0 Å². The summed E-state index contributed by atoms with van der Waals surface area (Å²) in [6.07, 6.45) is 5.07. The number of ether oxygens (including phenoxy) is 1. The van der Waals surface area contributed by atoms with Gasteiger partial charge >= 0.3 is 0 Å². The number of nitrogens with one attached hydrogen (secondary N) is 1. The van der Waals surface area contributed by atoms with Gasteiger partial charge in [-0.15, -0.1) is 0 Å². The van der Waals surface area contributed by atoms with Crippen LogP contribution in [0, 0.1) is 5.92 Å². The second kappa shape index (κ2) is 9.24. The molecule has 2 aromatic carbocycles. The molecule has 3 rings (SSSR count). The second-order valence-electron chi connectivity index (χ2n) is 7.23. The van der Waals surface area contributed by atoms with Crippen molar-refractivity contribution >= 4 is 27.7 Å². The molecule has 1 heterocycles. The fraction of sp³-hybridized carbons (Fsp3) is 0.318. The second-order valence-corrected chi connectivity index (χ2v) is 9.17. The van der Waals surface area contributed by atoms with Gasteiger partial charge in [0.2, 0.25) is 15.9 Å². The Balaban J connectivity index is 1.62. The van der Waals surface area contributed by atoms with Crippen molar-refractivity contribution in [1.82, 2.24) is 4.31 Å². The Hall–Kier alpha value is -2.64. The molecule has 1 aliphatic heterocycles. The number of amides is 1. The zero-order valence-electron chi connectivity index (χ0n) is 16.7. The Bertz CT molecular complexity index is 967. The van der Waals surface area contributed by atoms with Crippen molar-refractivity contribution < 1.29 is 17.9 Å². The molecule has 29 heavy (non-hydrogen) atoms. The van der Waals surface area contributed by atoms with Gasteiger partial charge in [-0.25, -0.2) is 8.42 Å². The number of hydrogen-bond donors (Lipinski definition) is 1. The van der Waals surface area contributed by atoms with Gasteiger partial charge in [-0.05, 0) is 66.8 Å². The summed E-state index contributed by atoms with van der Waals surface area (Å²) in [4.78, 5) is 12.4. The zero-order chi connectivity index (χ0) is 20.9. The van der Waals surface area contributed by atoms with Gasteiger partial charge in [-0.3, -0.25) is 4.79 Å². The number of rotatable bonds is 6. The van der Waals surface area contributed by atoms with Crippen LogP contribution in [0.15, 0.2) is 59.5 Å². The van der Waals surface area contributed by atoms with E-state index in [0.29, 0.717) is 24.7 Å². The van der Waals surface area contributed by atoms with E-state index in [1.807, 2.05) is 24.3 Å². The Kier molecular flexibility index (Phi) is 6.71. The molecular weight excluding hydrogens is 388 g/mol. The van der Waals surface area contributed by atoms with Crippen molar-refractivity contribution in [3.63, 3.8) is 0 Å². The van der Waals surface area contributed by atoms with E-state index in [9.17, 15) is 13.2 Å². The quantitative estimate of drug-likeness (QED) is 0.730. The summed E-state index contributed by atoms with van der Waals surface area (Å²) in [6, 6.07) is 13.6. The molecule has 1 atom stereocenters. The zero-order valence-corrected chi connectivity index (χ0v) is 17.5. The summed E-state index contributed by atoms with van der Waals surface area (Å²) in [7, 11) is -1.90. The molecule has 1 N–H and O–H groups in total. The van der Waals surface area contributed by atoms with Crippen molar-refractivity contribution in [2.75, 3.05) is 25.5 Å². The number of nitrogens with zero attached hydrogens (tertiary/aromatic N) is 1. The summed E-state index contributed by atoms with van der Waals surface area (Å²) in [6.45, 7) is 3.18. The van der Waals surface area contributed by atoms with E-state index in [2.05, 4.69) is 12.2 Å². The lowest BCUT2D eigenvalue weighted by Gasteiger charge is -2.30. The number of benzene rings is 2. The van der Waals surface area contributed by atoms with E-state index in [0.717, 1.165) is 24.2 Å². The molecule has 0 spiro atoms. The molecule has 2 aromatic rings. The fourth-order valence-corrected chi connectivity index (χ4v) is 4.89. The average molecular weight is 415 g/mol. The molecule has 154 valence electrons. The summed E-state index contributed by atoms with van der Waals surface area (Å²) < 4.78 is 32.2. The van der Waals surface area contributed by atoms with Gasteiger partial charge in [0, 0.05) is 24.9 Å². The normalized spacial score (nSPS) is 17.9. The lowest BCUT2D eigenvalue weighted by Crippen LogP contribution is -2.39. The first-order valence-electron chi connectivity index (χ1n) is 9.62. The van der Waals surface area contributed by atoms with Gasteiger partial charge in [0.1, 0.15) is 5.75 Å². The van der Waals surface area contributed by atoms with E-state index in [4.69, 9.17) is 4.74 Å². The van der Waals surface area contributed by atoms with Crippen LogP contribution in [-0.4, -0.2) is 38.8 Å². The van der Waals surface area contributed by atoms with Crippen molar-refractivity contribution in [1.29, 1.82) is 0 Å². The van der Waals surface area contributed by atoms with Crippen molar-refractivity contribution in [3.8, 4) is 5.75 Å². The largest absolute Gasteiger partial charge is 0.497 e. The Labute approximate surface area is 172 Å². The monoisotopic (exact) mass is 414 g/mol. The third kappa shape index (κ3) is 5.46. The van der Waals surface area contributed by atoms with E-state index in [1.165, 1.54) is 18.2 Å². The molecule has 0 aliphatic carbocycles. The van der Waals surface area contributed by atoms with Gasteiger partial charge in [0.15, 0.2) is 0 Å². The van der Waals surface area contributed by atoms with Gasteiger partial charge in [0.25, 0.3) is 0 Å². The maximum absolute atomic E-state index is 12.8. The van der Waals surface area contributed by atoms with Crippen LogP contribution in [-0.2, 0) is 14.8 Å². The minimum Gasteiger partial charge on any atom is -0.497 e.